The molecule has 0 spiro atoms. The van der Waals surface area contributed by atoms with Crippen molar-refractivity contribution in [2.24, 2.45) is 0 Å². The van der Waals surface area contributed by atoms with Crippen LogP contribution in [0.25, 0.3) is 16.4 Å². The maximum Gasteiger partial charge on any atom is 0.378 e. The van der Waals surface area contributed by atoms with Crippen LogP contribution in [0.2, 0.25) is 5.02 Å². The minimum Gasteiger partial charge on any atom is -0.450 e. The SMILES string of the molecule is Cc1c(Cl)cccc1NC(=O)COC(=O)c1nc(-c2cccs2)n(-c2ccccc2)n1. The summed E-state index contributed by atoms with van der Waals surface area (Å²) in [7, 11) is 0. The van der Waals surface area contributed by atoms with Gasteiger partial charge in [0.05, 0.1) is 10.6 Å². The van der Waals surface area contributed by atoms with Crippen molar-refractivity contribution >= 4 is 40.5 Å². The first kappa shape index (κ1) is 20.8. The number of amides is 1. The first-order valence-electron chi connectivity index (χ1n) is 9.31. The molecule has 7 nitrogen and oxygen atoms in total. The first-order valence-corrected chi connectivity index (χ1v) is 10.6. The van der Waals surface area contributed by atoms with Gasteiger partial charge >= 0.3 is 5.97 Å². The molecule has 31 heavy (non-hydrogen) atoms. The lowest BCUT2D eigenvalue weighted by Gasteiger charge is -2.09. The molecule has 0 bridgehead atoms. The summed E-state index contributed by atoms with van der Waals surface area (Å²) in [6.07, 6.45) is 0. The Labute approximate surface area is 187 Å². The third kappa shape index (κ3) is 4.65. The second kappa shape index (κ2) is 9.11. The molecule has 1 amide bonds. The standard InChI is InChI=1S/C22H17ClN4O3S/c1-14-16(23)9-5-10-17(14)24-19(28)13-30-22(29)20-25-21(18-11-6-12-31-18)27(26-20)15-7-3-2-4-8-15/h2-12H,13H2,1H3,(H,24,28). The number of thiophene rings is 1. The van der Waals surface area contributed by atoms with Gasteiger partial charge in [-0.1, -0.05) is 41.9 Å². The van der Waals surface area contributed by atoms with Gasteiger partial charge in [0.2, 0.25) is 0 Å². The number of hydrogen-bond donors (Lipinski definition) is 1. The van der Waals surface area contributed by atoms with Crippen molar-refractivity contribution < 1.29 is 14.3 Å². The van der Waals surface area contributed by atoms with Gasteiger partial charge in [-0.05, 0) is 48.2 Å². The van der Waals surface area contributed by atoms with E-state index in [-0.39, 0.29) is 5.82 Å². The number of anilines is 1. The van der Waals surface area contributed by atoms with Crippen LogP contribution >= 0.6 is 22.9 Å². The van der Waals surface area contributed by atoms with Gasteiger partial charge in [-0.25, -0.2) is 9.48 Å². The maximum atomic E-state index is 12.5. The quantitative estimate of drug-likeness (QED) is 0.426. The molecular weight excluding hydrogens is 436 g/mol. The van der Waals surface area contributed by atoms with Gasteiger partial charge < -0.3 is 10.1 Å². The summed E-state index contributed by atoms with van der Waals surface area (Å²) in [6.45, 7) is 1.31. The van der Waals surface area contributed by atoms with Crippen LogP contribution in [0.3, 0.4) is 0 Å². The number of esters is 1. The van der Waals surface area contributed by atoms with Crippen LogP contribution in [-0.2, 0) is 9.53 Å². The van der Waals surface area contributed by atoms with Gasteiger partial charge in [-0.15, -0.1) is 16.4 Å². The van der Waals surface area contributed by atoms with Crippen LogP contribution < -0.4 is 5.32 Å². The second-order valence-electron chi connectivity index (χ2n) is 6.52. The highest BCUT2D eigenvalue weighted by Crippen LogP contribution is 2.26. The normalized spacial score (nSPS) is 10.6. The molecule has 4 rings (SSSR count). The van der Waals surface area contributed by atoms with Crippen molar-refractivity contribution in [1.82, 2.24) is 14.8 Å². The number of ether oxygens (including phenoxy) is 1. The number of carbonyl (C=O) groups is 2. The smallest absolute Gasteiger partial charge is 0.378 e. The van der Waals surface area contributed by atoms with Crippen LogP contribution in [0.15, 0.2) is 66.0 Å². The number of nitrogens with zero attached hydrogens (tertiary/aromatic N) is 3. The Kier molecular flexibility index (Phi) is 6.11. The maximum absolute atomic E-state index is 12.5. The van der Waals surface area contributed by atoms with Gasteiger partial charge in [0.15, 0.2) is 12.4 Å². The van der Waals surface area contributed by atoms with Gasteiger partial charge in [-0.3, -0.25) is 4.79 Å². The van der Waals surface area contributed by atoms with Crippen molar-refractivity contribution in [2.75, 3.05) is 11.9 Å². The van der Waals surface area contributed by atoms with Crippen molar-refractivity contribution in [3.05, 3.63) is 82.5 Å². The van der Waals surface area contributed by atoms with E-state index in [0.717, 1.165) is 16.1 Å². The van der Waals surface area contributed by atoms with Gasteiger partial charge in [0, 0.05) is 10.7 Å². The predicted molar refractivity (Wildman–Crippen MR) is 120 cm³/mol. The Hall–Kier alpha value is -3.49. The van der Waals surface area contributed by atoms with E-state index < -0.39 is 18.5 Å². The van der Waals surface area contributed by atoms with E-state index in [9.17, 15) is 9.59 Å². The van der Waals surface area contributed by atoms with Crippen molar-refractivity contribution in [3.8, 4) is 16.4 Å². The van der Waals surface area contributed by atoms with Gasteiger partial charge in [0.1, 0.15) is 0 Å². The first-order chi connectivity index (χ1) is 15.0. The molecule has 0 aliphatic heterocycles. The molecule has 0 saturated carbocycles. The van der Waals surface area contributed by atoms with E-state index in [1.54, 1.807) is 29.8 Å². The molecule has 0 atom stereocenters. The molecule has 0 radical (unpaired) electrons. The molecular formula is C22H17ClN4O3S. The number of halogens is 1. The summed E-state index contributed by atoms with van der Waals surface area (Å²) in [5, 5.41) is 9.44. The minimum absolute atomic E-state index is 0.126. The van der Waals surface area contributed by atoms with Crippen LogP contribution in [0.5, 0.6) is 0 Å². The number of nitrogens with one attached hydrogen (secondary N) is 1. The summed E-state index contributed by atoms with van der Waals surface area (Å²) in [5.74, 6) is -0.878. The molecule has 9 heteroatoms. The fraction of sp³-hybridized carbons (Fsp3) is 0.0909. The average Bonchev–Trinajstić information content (AvgIpc) is 3.46. The van der Waals surface area contributed by atoms with Crippen LogP contribution in [0.1, 0.15) is 16.2 Å². The number of carbonyl (C=O) groups excluding carboxylic acids is 2. The Bertz CT molecular complexity index is 1220. The molecule has 0 saturated heterocycles. The third-order valence-corrected chi connectivity index (χ3v) is 5.68. The molecule has 156 valence electrons. The van der Waals surface area contributed by atoms with Crippen LogP contribution in [-0.4, -0.2) is 33.2 Å². The molecule has 2 heterocycles. The molecule has 2 aromatic carbocycles. The van der Waals surface area contributed by atoms with E-state index in [2.05, 4.69) is 15.4 Å². The van der Waals surface area contributed by atoms with Gasteiger partial charge in [-0.2, -0.15) is 4.98 Å². The highest BCUT2D eigenvalue weighted by molar-refractivity contribution is 7.13. The Balaban J connectivity index is 1.50. The molecule has 0 aliphatic carbocycles. The third-order valence-electron chi connectivity index (χ3n) is 4.41. The topological polar surface area (TPSA) is 86.1 Å². The predicted octanol–water partition coefficient (Wildman–Crippen LogP) is 4.75. The van der Waals surface area contributed by atoms with Crippen molar-refractivity contribution in [1.29, 1.82) is 0 Å². The van der Waals surface area contributed by atoms with E-state index in [4.69, 9.17) is 16.3 Å². The zero-order valence-corrected chi connectivity index (χ0v) is 18.0. The monoisotopic (exact) mass is 452 g/mol. The van der Waals surface area contributed by atoms with Gasteiger partial charge in [0.25, 0.3) is 11.7 Å². The average molecular weight is 453 g/mol. The Morgan fingerprint density at radius 2 is 1.90 bits per heavy atom. The van der Waals surface area contributed by atoms with Crippen molar-refractivity contribution in [2.45, 2.75) is 6.92 Å². The van der Waals surface area contributed by atoms with Crippen LogP contribution in [0, 0.1) is 6.92 Å². The highest BCUT2D eigenvalue weighted by atomic mass is 35.5. The lowest BCUT2D eigenvalue weighted by Crippen LogP contribution is -2.22. The molecule has 2 aromatic heterocycles. The van der Waals surface area contributed by atoms with Crippen molar-refractivity contribution in [3.63, 3.8) is 0 Å². The van der Waals surface area contributed by atoms with E-state index in [0.29, 0.717) is 16.5 Å². The molecule has 1 N–H and O–H groups in total. The zero-order valence-electron chi connectivity index (χ0n) is 16.4. The summed E-state index contributed by atoms with van der Waals surface area (Å²) in [6, 6.07) is 18.3. The second-order valence-corrected chi connectivity index (χ2v) is 7.88. The summed E-state index contributed by atoms with van der Waals surface area (Å²) < 4.78 is 6.72. The number of para-hydroxylation sites is 1. The Morgan fingerprint density at radius 1 is 1.10 bits per heavy atom. The Morgan fingerprint density at radius 3 is 2.65 bits per heavy atom. The lowest BCUT2D eigenvalue weighted by atomic mass is 10.2. The van der Waals surface area contributed by atoms with E-state index in [1.807, 2.05) is 47.8 Å². The number of rotatable bonds is 6. The van der Waals surface area contributed by atoms with E-state index in [1.165, 1.54) is 11.3 Å². The fourth-order valence-corrected chi connectivity index (χ4v) is 3.71. The fourth-order valence-electron chi connectivity index (χ4n) is 2.84. The van der Waals surface area contributed by atoms with Crippen LogP contribution in [0.4, 0.5) is 5.69 Å². The minimum atomic E-state index is -0.787. The number of aromatic nitrogens is 3. The van der Waals surface area contributed by atoms with E-state index >= 15 is 0 Å². The molecule has 4 aromatic rings. The highest BCUT2D eigenvalue weighted by Gasteiger charge is 2.21. The number of benzene rings is 2. The molecule has 0 aliphatic rings. The molecule has 0 fully saturated rings. The zero-order chi connectivity index (χ0) is 21.8. The summed E-state index contributed by atoms with van der Waals surface area (Å²) in [5.41, 5.74) is 2.04. The number of hydrogen-bond acceptors (Lipinski definition) is 6. The lowest BCUT2D eigenvalue weighted by molar-refractivity contribution is -0.119. The largest absolute Gasteiger partial charge is 0.450 e. The summed E-state index contributed by atoms with van der Waals surface area (Å²) >= 11 is 7.54. The molecule has 0 unspecified atom stereocenters. The summed E-state index contributed by atoms with van der Waals surface area (Å²) in [4.78, 5) is 30.0.